The van der Waals surface area contributed by atoms with Crippen molar-refractivity contribution >= 4 is 11.6 Å². The molecule has 0 spiro atoms. The van der Waals surface area contributed by atoms with Crippen LogP contribution in [0.3, 0.4) is 0 Å². The summed E-state index contributed by atoms with van der Waals surface area (Å²) in [5.74, 6) is -2.69. The van der Waals surface area contributed by atoms with Crippen molar-refractivity contribution in [2.75, 3.05) is 0 Å². The van der Waals surface area contributed by atoms with Crippen LogP contribution in [0.15, 0.2) is 18.3 Å². The lowest BCUT2D eigenvalue weighted by molar-refractivity contribution is 0.00245. The van der Waals surface area contributed by atoms with Crippen LogP contribution in [0.25, 0.3) is 0 Å². The van der Waals surface area contributed by atoms with Gasteiger partial charge in [-0.25, -0.2) is 8.78 Å². The van der Waals surface area contributed by atoms with E-state index in [1.807, 2.05) is 0 Å². The van der Waals surface area contributed by atoms with Gasteiger partial charge in [0.1, 0.15) is 0 Å². The standard InChI is InChI=1S/C12H14ClF2NO/c13-9-1-2-10(16-7-9)11(17)5-8-3-4-12(14,15)6-8/h1-2,7-8,11,17H,3-6H2. The second-order valence-corrected chi connectivity index (χ2v) is 5.05. The van der Waals surface area contributed by atoms with Crippen LogP contribution in [0, 0.1) is 5.92 Å². The number of rotatable bonds is 3. The minimum absolute atomic E-state index is 0.0710. The van der Waals surface area contributed by atoms with E-state index in [9.17, 15) is 13.9 Å². The van der Waals surface area contributed by atoms with E-state index in [1.54, 1.807) is 12.1 Å². The Morgan fingerprint density at radius 3 is 2.82 bits per heavy atom. The van der Waals surface area contributed by atoms with Crippen molar-refractivity contribution in [3.63, 3.8) is 0 Å². The lowest BCUT2D eigenvalue weighted by Gasteiger charge is -2.15. The molecule has 17 heavy (non-hydrogen) atoms. The molecule has 94 valence electrons. The molecule has 2 atom stereocenters. The van der Waals surface area contributed by atoms with Crippen molar-refractivity contribution < 1.29 is 13.9 Å². The van der Waals surface area contributed by atoms with Crippen molar-refractivity contribution in [1.82, 2.24) is 4.98 Å². The quantitative estimate of drug-likeness (QED) is 0.902. The second kappa shape index (κ2) is 4.86. The van der Waals surface area contributed by atoms with Gasteiger partial charge in [-0.05, 0) is 30.9 Å². The first-order chi connectivity index (χ1) is 7.96. The van der Waals surface area contributed by atoms with Gasteiger partial charge in [0.15, 0.2) is 0 Å². The van der Waals surface area contributed by atoms with Crippen LogP contribution in [0.1, 0.15) is 37.5 Å². The van der Waals surface area contributed by atoms with E-state index in [0.29, 0.717) is 23.6 Å². The van der Waals surface area contributed by atoms with E-state index in [2.05, 4.69) is 4.98 Å². The van der Waals surface area contributed by atoms with E-state index < -0.39 is 12.0 Å². The number of nitrogens with zero attached hydrogens (tertiary/aromatic N) is 1. The van der Waals surface area contributed by atoms with Crippen LogP contribution >= 0.6 is 11.6 Å². The number of aliphatic hydroxyl groups is 1. The average molecular weight is 262 g/mol. The molecule has 0 aliphatic heterocycles. The highest BCUT2D eigenvalue weighted by atomic mass is 35.5. The molecule has 1 saturated carbocycles. The molecule has 1 aromatic rings. The fourth-order valence-corrected chi connectivity index (χ4v) is 2.38. The monoisotopic (exact) mass is 261 g/mol. The zero-order valence-corrected chi connectivity index (χ0v) is 10.00. The van der Waals surface area contributed by atoms with Crippen LogP contribution < -0.4 is 0 Å². The average Bonchev–Trinajstić information content (AvgIpc) is 2.59. The first kappa shape index (κ1) is 12.7. The van der Waals surface area contributed by atoms with E-state index in [-0.39, 0.29) is 18.8 Å². The van der Waals surface area contributed by atoms with Crippen molar-refractivity contribution in [3.05, 3.63) is 29.0 Å². The fourth-order valence-electron chi connectivity index (χ4n) is 2.26. The Kier molecular flexibility index (Phi) is 3.64. The number of halogens is 3. The molecule has 0 saturated heterocycles. The third-order valence-electron chi connectivity index (χ3n) is 3.15. The second-order valence-electron chi connectivity index (χ2n) is 4.62. The number of hydrogen-bond acceptors (Lipinski definition) is 2. The van der Waals surface area contributed by atoms with E-state index in [4.69, 9.17) is 11.6 Å². The summed E-state index contributed by atoms with van der Waals surface area (Å²) in [5, 5.41) is 10.4. The summed E-state index contributed by atoms with van der Waals surface area (Å²) in [7, 11) is 0. The number of pyridine rings is 1. The van der Waals surface area contributed by atoms with Crippen molar-refractivity contribution in [2.45, 2.75) is 37.7 Å². The van der Waals surface area contributed by atoms with Gasteiger partial charge in [0.2, 0.25) is 5.92 Å². The van der Waals surface area contributed by atoms with Gasteiger partial charge in [0, 0.05) is 19.0 Å². The highest BCUT2D eigenvalue weighted by Crippen LogP contribution is 2.42. The van der Waals surface area contributed by atoms with Crippen molar-refractivity contribution in [3.8, 4) is 0 Å². The molecule has 2 rings (SSSR count). The van der Waals surface area contributed by atoms with Gasteiger partial charge in [-0.3, -0.25) is 4.98 Å². The van der Waals surface area contributed by atoms with Gasteiger partial charge < -0.3 is 5.11 Å². The molecule has 2 unspecified atom stereocenters. The normalized spacial score (nSPS) is 24.8. The fraction of sp³-hybridized carbons (Fsp3) is 0.583. The van der Waals surface area contributed by atoms with Crippen LogP contribution in [0.4, 0.5) is 8.78 Å². The molecule has 5 heteroatoms. The van der Waals surface area contributed by atoms with Gasteiger partial charge in [-0.1, -0.05) is 11.6 Å². The predicted octanol–water partition coefficient (Wildman–Crippen LogP) is 3.59. The van der Waals surface area contributed by atoms with Crippen molar-refractivity contribution in [2.24, 2.45) is 5.92 Å². The summed E-state index contributed by atoms with van der Waals surface area (Å²) in [6.07, 6.45) is 1.27. The summed E-state index contributed by atoms with van der Waals surface area (Å²) >= 11 is 5.68. The van der Waals surface area contributed by atoms with Crippen LogP contribution in [0.5, 0.6) is 0 Å². The summed E-state index contributed by atoms with van der Waals surface area (Å²) in [5.41, 5.74) is 0.490. The van der Waals surface area contributed by atoms with Gasteiger partial charge in [-0.15, -0.1) is 0 Å². The third kappa shape index (κ3) is 3.36. The summed E-state index contributed by atoms with van der Waals surface area (Å²) < 4.78 is 26.0. The molecule has 1 N–H and O–H groups in total. The smallest absolute Gasteiger partial charge is 0.248 e. The van der Waals surface area contributed by atoms with Crippen LogP contribution in [-0.4, -0.2) is 16.0 Å². The molecule has 1 aliphatic rings. The maximum absolute atomic E-state index is 13.0. The number of hydrogen-bond donors (Lipinski definition) is 1. The van der Waals surface area contributed by atoms with Gasteiger partial charge in [0.05, 0.1) is 16.8 Å². The highest BCUT2D eigenvalue weighted by molar-refractivity contribution is 6.30. The van der Waals surface area contributed by atoms with Gasteiger partial charge in [-0.2, -0.15) is 0 Å². The van der Waals surface area contributed by atoms with E-state index in [1.165, 1.54) is 6.20 Å². The molecule has 0 radical (unpaired) electrons. The van der Waals surface area contributed by atoms with Gasteiger partial charge >= 0.3 is 0 Å². The number of aliphatic hydroxyl groups excluding tert-OH is 1. The Morgan fingerprint density at radius 1 is 1.53 bits per heavy atom. The van der Waals surface area contributed by atoms with Crippen LogP contribution in [0.2, 0.25) is 5.02 Å². The van der Waals surface area contributed by atoms with Crippen LogP contribution in [-0.2, 0) is 0 Å². The largest absolute Gasteiger partial charge is 0.387 e. The molecule has 1 fully saturated rings. The zero-order chi connectivity index (χ0) is 12.5. The van der Waals surface area contributed by atoms with E-state index in [0.717, 1.165) is 0 Å². The Morgan fingerprint density at radius 2 is 2.29 bits per heavy atom. The maximum Gasteiger partial charge on any atom is 0.248 e. The number of alkyl halides is 2. The lowest BCUT2D eigenvalue weighted by atomic mass is 9.98. The van der Waals surface area contributed by atoms with Gasteiger partial charge in [0.25, 0.3) is 0 Å². The molecular formula is C12H14ClF2NO. The summed E-state index contributed by atoms with van der Waals surface area (Å²) in [4.78, 5) is 3.99. The molecular weight excluding hydrogens is 248 g/mol. The molecule has 1 aromatic heterocycles. The zero-order valence-electron chi connectivity index (χ0n) is 9.24. The molecule has 0 aromatic carbocycles. The SMILES string of the molecule is OC(CC1CCC(F)(F)C1)c1ccc(Cl)cn1. The first-order valence-electron chi connectivity index (χ1n) is 5.64. The molecule has 1 aliphatic carbocycles. The summed E-state index contributed by atoms with van der Waals surface area (Å²) in [6.45, 7) is 0. The molecule has 0 bridgehead atoms. The molecule has 1 heterocycles. The predicted molar refractivity (Wildman–Crippen MR) is 61.1 cm³/mol. The third-order valence-corrected chi connectivity index (χ3v) is 3.38. The maximum atomic E-state index is 13.0. The van der Waals surface area contributed by atoms with Crippen molar-refractivity contribution in [1.29, 1.82) is 0 Å². The lowest BCUT2D eigenvalue weighted by Crippen LogP contribution is -2.11. The Bertz CT molecular complexity index is 383. The highest BCUT2D eigenvalue weighted by Gasteiger charge is 2.40. The Labute approximate surface area is 104 Å². The Hall–Kier alpha value is -0.740. The van der Waals surface area contributed by atoms with E-state index >= 15 is 0 Å². The Balaban J connectivity index is 1.93. The molecule has 0 amide bonds. The topological polar surface area (TPSA) is 33.1 Å². The summed E-state index contributed by atoms with van der Waals surface area (Å²) in [6, 6.07) is 3.26. The first-order valence-corrected chi connectivity index (χ1v) is 6.01. The minimum atomic E-state index is -2.56. The minimum Gasteiger partial charge on any atom is -0.387 e. The number of aromatic nitrogens is 1. The molecule has 2 nitrogen and oxygen atoms in total.